The molecule has 5 nitrogen and oxygen atoms in total. The lowest BCUT2D eigenvalue weighted by atomic mass is 10.2. The molecule has 1 aliphatic carbocycles. The Hall–Kier alpha value is -1.76. The van der Waals surface area contributed by atoms with Crippen LogP contribution in [0.25, 0.3) is 0 Å². The average molecular weight is 259 g/mol. The van der Waals surface area contributed by atoms with Gasteiger partial charge in [0.2, 0.25) is 5.82 Å². The zero-order chi connectivity index (χ0) is 13.3. The second kappa shape index (κ2) is 4.85. The fourth-order valence-electron chi connectivity index (χ4n) is 1.96. The molecule has 2 atom stereocenters. The van der Waals surface area contributed by atoms with Crippen LogP contribution in [0.4, 0.5) is 14.5 Å². The summed E-state index contributed by atoms with van der Waals surface area (Å²) in [7, 11) is 0. The number of hydrogen-bond donors (Lipinski definition) is 1. The Bertz CT molecular complexity index is 480. The number of benzene rings is 1. The SMILES string of the molecule is O=[N+]([O-])c1cc(F)c(OC2CCCC2O)cc1F. The summed E-state index contributed by atoms with van der Waals surface area (Å²) < 4.78 is 31.9. The lowest BCUT2D eigenvalue weighted by molar-refractivity contribution is -0.387. The van der Waals surface area contributed by atoms with E-state index in [-0.39, 0.29) is 0 Å². The molecule has 98 valence electrons. The molecule has 0 radical (unpaired) electrons. The summed E-state index contributed by atoms with van der Waals surface area (Å²) in [6.45, 7) is 0. The van der Waals surface area contributed by atoms with Crippen LogP contribution in [0.5, 0.6) is 5.75 Å². The maximum atomic E-state index is 13.5. The fourth-order valence-corrected chi connectivity index (χ4v) is 1.96. The zero-order valence-corrected chi connectivity index (χ0v) is 9.31. The minimum Gasteiger partial charge on any atom is -0.485 e. The third-order valence-electron chi connectivity index (χ3n) is 2.89. The van der Waals surface area contributed by atoms with Gasteiger partial charge in [-0.15, -0.1) is 0 Å². The maximum absolute atomic E-state index is 13.5. The van der Waals surface area contributed by atoms with Gasteiger partial charge in [0.05, 0.1) is 17.1 Å². The van der Waals surface area contributed by atoms with Crippen molar-refractivity contribution in [3.05, 3.63) is 33.9 Å². The molecule has 18 heavy (non-hydrogen) atoms. The molecule has 1 fully saturated rings. The molecule has 1 aliphatic rings. The summed E-state index contributed by atoms with van der Waals surface area (Å²) in [6.07, 6.45) is 0.507. The first-order chi connectivity index (χ1) is 8.49. The lowest BCUT2D eigenvalue weighted by Crippen LogP contribution is -2.26. The molecule has 1 N–H and O–H groups in total. The highest BCUT2D eigenvalue weighted by Crippen LogP contribution is 2.30. The van der Waals surface area contributed by atoms with Crippen LogP contribution in [-0.2, 0) is 0 Å². The smallest absolute Gasteiger partial charge is 0.307 e. The molecule has 0 aromatic heterocycles. The Morgan fingerprint density at radius 1 is 1.33 bits per heavy atom. The summed E-state index contributed by atoms with van der Waals surface area (Å²) in [6, 6.07) is 1.12. The van der Waals surface area contributed by atoms with E-state index in [2.05, 4.69) is 0 Å². The van der Waals surface area contributed by atoms with E-state index in [1.165, 1.54) is 0 Å². The molecule has 1 aromatic rings. The predicted molar refractivity (Wildman–Crippen MR) is 57.3 cm³/mol. The van der Waals surface area contributed by atoms with E-state index < -0.39 is 40.2 Å². The zero-order valence-electron chi connectivity index (χ0n) is 9.31. The van der Waals surface area contributed by atoms with Gasteiger partial charge in [-0.3, -0.25) is 10.1 Å². The molecular formula is C11H11F2NO4. The quantitative estimate of drug-likeness (QED) is 0.667. The molecule has 0 spiro atoms. The van der Waals surface area contributed by atoms with Crippen LogP contribution in [0.15, 0.2) is 12.1 Å². The Labute approximate surface area is 101 Å². The van der Waals surface area contributed by atoms with Crippen LogP contribution in [0.2, 0.25) is 0 Å². The molecule has 1 aromatic carbocycles. The number of aliphatic hydroxyl groups excluding tert-OH is 1. The van der Waals surface area contributed by atoms with Crippen molar-refractivity contribution in [2.75, 3.05) is 0 Å². The summed E-state index contributed by atoms with van der Waals surface area (Å²) in [5, 5.41) is 19.9. The minimum absolute atomic E-state index is 0.413. The molecule has 0 saturated heterocycles. The van der Waals surface area contributed by atoms with E-state index in [0.29, 0.717) is 25.0 Å². The molecule has 0 aliphatic heterocycles. The van der Waals surface area contributed by atoms with Gasteiger partial charge in [0, 0.05) is 6.07 Å². The number of ether oxygens (including phenoxy) is 1. The van der Waals surface area contributed by atoms with Crippen molar-refractivity contribution in [3.63, 3.8) is 0 Å². The van der Waals surface area contributed by atoms with Crippen molar-refractivity contribution in [2.45, 2.75) is 31.5 Å². The van der Waals surface area contributed by atoms with Gasteiger partial charge in [0.15, 0.2) is 11.6 Å². The van der Waals surface area contributed by atoms with E-state index in [1.54, 1.807) is 0 Å². The summed E-state index contributed by atoms with van der Waals surface area (Å²) in [5.41, 5.74) is -0.938. The normalized spacial score (nSPS) is 23.1. The van der Waals surface area contributed by atoms with Crippen LogP contribution < -0.4 is 4.74 Å². The second-order valence-electron chi connectivity index (χ2n) is 4.15. The number of nitrogens with zero attached hydrogens (tertiary/aromatic N) is 1. The number of aliphatic hydroxyl groups is 1. The number of rotatable bonds is 3. The van der Waals surface area contributed by atoms with Crippen LogP contribution >= 0.6 is 0 Å². The summed E-state index contributed by atoms with van der Waals surface area (Å²) in [4.78, 5) is 9.39. The van der Waals surface area contributed by atoms with Crippen molar-refractivity contribution >= 4 is 5.69 Å². The molecule has 2 unspecified atom stereocenters. The standard InChI is InChI=1S/C11H11F2NO4/c12-6-5-11(7(13)4-8(6)14(16)17)18-10-3-1-2-9(10)15/h4-5,9-10,15H,1-3H2. The van der Waals surface area contributed by atoms with Crippen molar-refractivity contribution in [1.29, 1.82) is 0 Å². The fraction of sp³-hybridized carbons (Fsp3) is 0.455. The van der Waals surface area contributed by atoms with E-state index >= 15 is 0 Å². The van der Waals surface area contributed by atoms with Gasteiger partial charge in [-0.25, -0.2) is 4.39 Å². The third kappa shape index (κ3) is 2.40. The Morgan fingerprint density at radius 3 is 2.61 bits per heavy atom. The second-order valence-corrected chi connectivity index (χ2v) is 4.15. The topological polar surface area (TPSA) is 72.6 Å². The van der Waals surface area contributed by atoms with Gasteiger partial charge < -0.3 is 9.84 Å². The highest BCUT2D eigenvalue weighted by molar-refractivity contribution is 5.39. The van der Waals surface area contributed by atoms with Crippen molar-refractivity contribution in [1.82, 2.24) is 0 Å². The molecule has 0 heterocycles. The first-order valence-corrected chi connectivity index (χ1v) is 5.47. The molecular weight excluding hydrogens is 248 g/mol. The van der Waals surface area contributed by atoms with E-state index in [1.807, 2.05) is 0 Å². The van der Waals surface area contributed by atoms with Gasteiger partial charge in [-0.05, 0) is 19.3 Å². The number of nitro benzene ring substituents is 1. The summed E-state index contributed by atoms with van der Waals surface area (Å²) >= 11 is 0. The van der Waals surface area contributed by atoms with Gasteiger partial charge in [0.1, 0.15) is 6.10 Å². The monoisotopic (exact) mass is 259 g/mol. The number of hydrogen-bond acceptors (Lipinski definition) is 4. The first-order valence-electron chi connectivity index (χ1n) is 5.47. The average Bonchev–Trinajstić information content (AvgIpc) is 2.69. The van der Waals surface area contributed by atoms with Gasteiger partial charge >= 0.3 is 5.69 Å². The molecule has 0 amide bonds. The van der Waals surface area contributed by atoms with Crippen LogP contribution in [-0.4, -0.2) is 22.2 Å². The van der Waals surface area contributed by atoms with Gasteiger partial charge in [-0.2, -0.15) is 4.39 Å². The third-order valence-corrected chi connectivity index (χ3v) is 2.89. The largest absolute Gasteiger partial charge is 0.485 e. The van der Waals surface area contributed by atoms with E-state index in [4.69, 9.17) is 4.74 Å². The highest BCUT2D eigenvalue weighted by Gasteiger charge is 2.29. The van der Waals surface area contributed by atoms with Crippen LogP contribution in [0, 0.1) is 21.7 Å². The number of halogens is 2. The Balaban J connectivity index is 2.23. The molecule has 1 saturated carbocycles. The molecule has 2 rings (SSSR count). The minimum atomic E-state index is -1.16. The lowest BCUT2D eigenvalue weighted by Gasteiger charge is -2.17. The Morgan fingerprint density at radius 2 is 2.06 bits per heavy atom. The van der Waals surface area contributed by atoms with Gasteiger partial charge in [0.25, 0.3) is 0 Å². The van der Waals surface area contributed by atoms with Crippen molar-refractivity contribution < 1.29 is 23.5 Å². The predicted octanol–water partition coefficient (Wildman–Crippen LogP) is 2.17. The highest BCUT2D eigenvalue weighted by atomic mass is 19.1. The first kappa shape index (κ1) is 12.7. The van der Waals surface area contributed by atoms with Gasteiger partial charge in [-0.1, -0.05) is 0 Å². The maximum Gasteiger partial charge on any atom is 0.307 e. The number of nitro groups is 1. The van der Waals surface area contributed by atoms with E-state index in [0.717, 1.165) is 6.42 Å². The summed E-state index contributed by atoms with van der Waals surface area (Å²) in [5.74, 6) is -2.59. The molecule has 7 heteroatoms. The Kier molecular flexibility index (Phi) is 3.42. The van der Waals surface area contributed by atoms with Crippen molar-refractivity contribution in [3.8, 4) is 5.75 Å². The molecule has 0 bridgehead atoms. The van der Waals surface area contributed by atoms with Crippen LogP contribution in [0.3, 0.4) is 0 Å². The van der Waals surface area contributed by atoms with Crippen molar-refractivity contribution in [2.24, 2.45) is 0 Å². The van der Waals surface area contributed by atoms with E-state index in [9.17, 15) is 24.0 Å². The van der Waals surface area contributed by atoms with Crippen LogP contribution in [0.1, 0.15) is 19.3 Å².